The number of hydrogen-bond donors (Lipinski definition) is 7. The molecule has 10 atom stereocenters. The summed E-state index contributed by atoms with van der Waals surface area (Å²) in [6.45, 7) is 0.187. The van der Waals surface area contributed by atoms with Gasteiger partial charge in [-0.15, -0.1) is 0 Å². The Hall–Kier alpha value is -1.51. The summed E-state index contributed by atoms with van der Waals surface area (Å²) >= 11 is 0. The molecule has 2 aliphatic heterocycles. The summed E-state index contributed by atoms with van der Waals surface area (Å²) in [6, 6.07) is -1.41. The minimum atomic E-state index is -5.19. The average Bonchev–Trinajstić information content (AvgIpc) is 2.68. The number of carbonyl (C=O) groups is 2. The topological polar surface area (TPSA) is 248 Å². The number of aliphatic hydroxyl groups is 4. The third-order valence-electron chi connectivity index (χ3n) is 4.77. The van der Waals surface area contributed by atoms with Crippen molar-refractivity contribution in [3.8, 4) is 0 Å². The number of ether oxygens (including phenoxy) is 4. The minimum absolute atomic E-state index is 0.689. The fourth-order valence-corrected chi connectivity index (χ4v) is 3.89. The van der Waals surface area contributed by atoms with Crippen LogP contribution in [0.1, 0.15) is 6.92 Å². The van der Waals surface area contributed by atoms with Crippen molar-refractivity contribution >= 4 is 22.3 Å². The lowest BCUT2D eigenvalue weighted by Gasteiger charge is -2.47. The van der Waals surface area contributed by atoms with Crippen LogP contribution in [-0.2, 0) is 43.1 Å². The number of carbonyl (C=O) groups excluding carboxylic acids is 1. The molecule has 0 radical (unpaired) electrons. The molecule has 17 heteroatoms. The van der Waals surface area contributed by atoms with Crippen LogP contribution in [0, 0.1) is 0 Å². The molecule has 0 aromatic heterocycles. The maximum Gasteiger partial charge on any atom is 0.397 e. The van der Waals surface area contributed by atoms with Gasteiger partial charge in [0.1, 0.15) is 42.7 Å². The van der Waals surface area contributed by atoms with Crippen LogP contribution < -0.4 is 5.32 Å². The zero-order valence-corrected chi connectivity index (χ0v) is 17.6. The molecule has 32 heavy (non-hydrogen) atoms. The van der Waals surface area contributed by atoms with Crippen LogP contribution in [0.15, 0.2) is 0 Å². The first kappa shape index (κ1) is 26.7. The van der Waals surface area contributed by atoms with Crippen molar-refractivity contribution in [2.24, 2.45) is 0 Å². The van der Waals surface area contributed by atoms with Crippen molar-refractivity contribution in [1.29, 1.82) is 0 Å². The number of methoxy groups -OCH3 is 1. The summed E-state index contributed by atoms with van der Waals surface area (Å²) in [4.78, 5) is 23.0. The van der Waals surface area contributed by atoms with Crippen molar-refractivity contribution in [1.82, 2.24) is 5.32 Å². The number of hydrogen-bond acceptors (Lipinski definition) is 13. The van der Waals surface area contributed by atoms with Crippen molar-refractivity contribution in [2.75, 3.05) is 13.7 Å². The number of carboxylic acid groups (broad SMARTS) is 1. The number of nitrogens with one attached hydrogen (secondary N) is 1. The highest BCUT2D eigenvalue weighted by Crippen LogP contribution is 2.31. The number of carboxylic acids is 1. The molecular formula is C15H25NO15S. The minimum Gasteiger partial charge on any atom is -0.479 e. The normalized spacial score (nSPS) is 40.6. The summed E-state index contributed by atoms with van der Waals surface area (Å²) in [6.07, 6.45) is -16.7. The van der Waals surface area contributed by atoms with Crippen LogP contribution in [0.2, 0.25) is 0 Å². The first-order valence-corrected chi connectivity index (χ1v) is 10.5. The Bertz CT molecular complexity index is 777. The molecule has 0 unspecified atom stereocenters. The van der Waals surface area contributed by atoms with Gasteiger partial charge in [-0.05, 0) is 0 Å². The lowest BCUT2D eigenvalue weighted by Crippen LogP contribution is -2.68. The molecule has 1 amide bonds. The standard InChI is InChI=1S/C15H25NO15S/c1-4(18)16-6-11(10(31-32(24,25)26)5(3-17)28-14(6)27-2)29-15-9(21)7(19)8(20)12(30-15)13(22)23/h5-12,14-15,17,19-21H,3H2,1-2H3,(H,16,18)(H,22,23)(H,24,25,26)/t5-,6-,7-,8-,9+,10+,11-,12+,14-,15+/m1/s1. The lowest BCUT2D eigenvalue weighted by molar-refractivity contribution is -0.336. The quantitative estimate of drug-likeness (QED) is 0.158. The summed E-state index contributed by atoms with van der Waals surface area (Å²) in [5.74, 6) is -2.40. The van der Waals surface area contributed by atoms with E-state index in [2.05, 4.69) is 9.50 Å². The smallest absolute Gasteiger partial charge is 0.397 e. The largest absolute Gasteiger partial charge is 0.479 e. The Kier molecular flexibility index (Phi) is 8.87. The summed E-state index contributed by atoms with van der Waals surface area (Å²) in [5, 5.41) is 51.1. The molecule has 0 aromatic rings. The van der Waals surface area contributed by atoms with Gasteiger partial charge in [0, 0.05) is 14.0 Å². The highest BCUT2D eigenvalue weighted by Gasteiger charge is 2.54. The van der Waals surface area contributed by atoms with Gasteiger partial charge in [0.15, 0.2) is 18.7 Å². The van der Waals surface area contributed by atoms with E-state index in [0.717, 1.165) is 14.0 Å². The monoisotopic (exact) mass is 491 g/mol. The highest BCUT2D eigenvalue weighted by atomic mass is 32.3. The van der Waals surface area contributed by atoms with E-state index in [-0.39, 0.29) is 0 Å². The number of amides is 1. The number of rotatable bonds is 8. The van der Waals surface area contributed by atoms with Gasteiger partial charge in [0.2, 0.25) is 5.91 Å². The zero-order chi connectivity index (χ0) is 24.4. The molecular weight excluding hydrogens is 466 g/mol. The van der Waals surface area contributed by atoms with E-state index in [1.807, 2.05) is 0 Å². The molecule has 0 aliphatic carbocycles. The van der Waals surface area contributed by atoms with Gasteiger partial charge in [-0.3, -0.25) is 9.35 Å². The van der Waals surface area contributed by atoms with Crippen molar-refractivity contribution < 1.29 is 71.2 Å². The molecule has 0 spiro atoms. The Morgan fingerprint density at radius 2 is 1.66 bits per heavy atom. The zero-order valence-electron chi connectivity index (χ0n) is 16.7. The Balaban J connectivity index is 2.46. The summed E-state index contributed by atoms with van der Waals surface area (Å²) in [7, 11) is -4.04. The second-order valence-corrected chi connectivity index (χ2v) is 8.06. The molecule has 186 valence electrons. The van der Waals surface area contributed by atoms with E-state index in [0.29, 0.717) is 0 Å². The van der Waals surface area contributed by atoms with E-state index in [1.54, 1.807) is 0 Å². The van der Waals surface area contributed by atoms with Gasteiger partial charge < -0.3 is 49.8 Å². The Morgan fingerprint density at radius 3 is 2.12 bits per heavy atom. The second kappa shape index (κ2) is 10.6. The van der Waals surface area contributed by atoms with E-state index < -0.39 is 90.2 Å². The third-order valence-corrected chi connectivity index (χ3v) is 5.23. The lowest BCUT2D eigenvalue weighted by atomic mass is 9.95. The third kappa shape index (κ3) is 6.08. The second-order valence-electron chi connectivity index (χ2n) is 7.01. The Labute approximate surface area is 181 Å². The molecule has 0 aromatic carbocycles. The number of aliphatic carboxylic acids is 1. The Morgan fingerprint density at radius 1 is 1.03 bits per heavy atom. The fourth-order valence-electron chi connectivity index (χ4n) is 3.38. The maximum atomic E-state index is 11.7. The molecule has 2 saturated heterocycles. The highest BCUT2D eigenvalue weighted by molar-refractivity contribution is 7.80. The van der Waals surface area contributed by atoms with Crippen LogP contribution in [0.5, 0.6) is 0 Å². The predicted octanol–water partition coefficient (Wildman–Crippen LogP) is -4.68. The summed E-state index contributed by atoms with van der Waals surface area (Å²) < 4.78 is 57.4. The maximum absolute atomic E-state index is 11.7. The van der Waals surface area contributed by atoms with Crippen LogP contribution in [0.4, 0.5) is 0 Å². The first-order valence-electron chi connectivity index (χ1n) is 9.10. The van der Waals surface area contributed by atoms with Gasteiger partial charge in [-0.25, -0.2) is 8.98 Å². The van der Waals surface area contributed by atoms with Gasteiger partial charge in [-0.2, -0.15) is 8.42 Å². The van der Waals surface area contributed by atoms with E-state index in [4.69, 9.17) is 23.5 Å². The average molecular weight is 491 g/mol. The molecule has 0 bridgehead atoms. The van der Waals surface area contributed by atoms with E-state index in [9.17, 15) is 43.5 Å². The molecule has 2 rings (SSSR count). The van der Waals surface area contributed by atoms with Crippen LogP contribution >= 0.6 is 0 Å². The molecule has 2 aliphatic rings. The van der Waals surface area contributed by atoms with Gasteiger partial charge in [0.25, 0.3) is 0 Å². The van der Waals surface area contributed by atoms with Gasteiger partial charge in [0.05, 0.1) is 6.61 Å². The summed E-state index contributed by atoms with van der Waals surface area (Å²) in [5.41, 5.74) is 0. The van der Waals surface area contributed by atoms with Gasteiger partial charge in [-0.1, -0.05) is 0 Å². The predicted molar refractivity (Wildman–Crippen MR) is 96.0 cm³/mol. The van der Waals surface area contributed by atoms with E-state index >= 15 is 0 Å². The number of aliphatic hydroxyl groups excluding tert-OH is 4. The van der Waals surface area contributed by atoms with Crippen molar-refractivity contribution in [3.05, 3.63) is 0 Å². The molecule has 2 heterocycles. The van der Waals surface area contributed by atoms with Crippen LogP contribution in [0.25, 0.3) is 0 Å². The molecule has 0 saturated carbocycles. The van der Waals surface area contributed by atoms with Crippen LogP contribution in [0.3, 0.4) is 0 Å². The van der Waals surface area contributed by atoms with Crippen LogP contribution in [-0.4, -0.2) is 125 Å². The molecule has 16 nitrogen and oxygen atoms in total. The van der Waals surface area contributed by atoms with Gasteiger partial charge >= 0.3 is 16.4 Å². The molecule has 2 fully saturated rings. The van der Waals surface area contributed by atoms with E-state index in [1.165, 1.54) is 0 Å². The molecule has 7 N–H and O–H groups in total. The first-order chi connectivity index (χ1) is 14.8. The fraction of sp³-hybridized carbons (Fsp3) is 0.867. The van der Waals surface area contributed by atoms with Crippen molar-refractivity contribution in [2.45, 2.75) is 68.3 Å². The van der Waals surface area contributed by atoms with Crippen molar-refractivity contribution in [3.63, 3.8) is 0 Å². The SMILES string of the molecule is CO[C@@H]1O[C@H](CO)[C@H](OS(=O)(=O)O)[C@H](O[C@H]2O[C@H](C(=O)O)[C@H](O)[C@@H](O)[C@@H]2O)[C@H]1NC(C)=O.